The number of benzene rings is 2. The van der Waals surface area contributed by atoms with Crippen LogP contribution in [0.25, 0.3) is 0 Å². The number of nitrogens with zero attached hydrogens (tertiary/aromatic N) is 2. The molecule has 288 valence electrons. The first-order valence-corrected chi connectivity index (χ1v) is 19.1. The van der Waals surface area contributed by atoms with E-state index in [1.165, 1.54) is 31.1 Å². The second kappa shape index (κ2) is 20.0. The lowest BCUT2D eigenvalue weighted by Crippen LogP contribution is -2.46. The van der Waals surface area contributed by atoms with E-state index in [0.29, 0.717) is 12.8 Å². The highest BCUT2D eigenvalue weighted by Crippen LogP contribution is 2.48. The number of carbonyl (C=O) groups is 3. The van der Waals surface area contributed by atoms with E-state index in [1.54, 1.807) is 36.5 Å². The van der Waals surface area contributed by atoms with Crippen molar-refractivity contribution in [3.8, 4) is 11.5 Å². The molecule has 2 aliphatic heterocycles. The number of amidine groups is 1. The SMILES string of the molecule is C=C1N=C(N)C=CN1[C@@H]1O[C@H](COP(=O)(N[C@@H](C)C(=O)OCc2ccccc2)Oc2ccccc2OC)[C@@H](OC(=O)CCCC)[C@H]1OC(=O)CCCC. The standard InChI is InChI=1S/C37H49N4O11P/c1-6-8-19-32(42)50-34-30(49-36(35(34)51-33(43)20-9-7-2)41-22-21-31(38)39-26(41)4)24-48-53(45,52-29-18-14-13-17-28(29)46-5)40-25(3)37(44)47-23-27-15-11-10-12-16-27/h10-18,21-22,25,30,34-36H,4,6-9,19-20,23-24H2,1-3,5H3,(H2,38,39)(H,40,45)/t25-,30+,34+,35+,36+,53?/m0/s1. The molecule has 1 unspecified atom stereocenters. The molecule has 3 N–H and O–H groups in total. The van der Waals surface area contributed by atoms with Crippen molar-refractivity contribution in [2.45, 2.75) is 96.5 Å². The molecule has 53 heavy (non-hydrogen) atoms. The number of rotatable bonds is 20. The first-order chi connectivity index (χ1) is 25.5. The molecule has 6 atom stereocenters. The predicted octanol–water partition coefficient (Wildman–Crippen LogP) is 5.51. The van der Waals surface area contributed by atoms with Gasteiger partial charge in [-0.1, -0.05) is 75.7 Å². The Morgan fingerprint density at radius 3 is 2.23 bits per heavy atom. The van der Waals surface area contributed by atoms with Crippen LogP contribution in [0.3, 0.4) is 0 Å². The van der Waals surface area contributed by atoms with Gasteiger partial charge in [0, 0.05) is 19.0 Å². The molecule has 2 aliphatic rings. The number of esters is 3. The normalized spacial score (nSPS) is 21.2. The average Bonchev–Trinajstić information content (AvgIpc) is 3.47. The maximum atomic E-state index is 14.6. The number of hydrogen-bond donors (Lipinski definition) is 2. The van der Waals surface area contributed by atoms with Gasteiger partial charge in [-0.25, -0.2) is 9.56 Å². The summed E-state index contributed by atoms with van der Waals surface area (Å²) in [6.07, 6.45) is 1.20. The Morgan fingerprint density at radius 1 is 0.981 bits per heavy atom. The summed E-state index contributed by atoms with van der Waals surface area (Å²) in [4.78, 5) is 44.9. The molecular weight excluding hydrogens is 707 g/mol. The van der Waals surface area contributed by atoms with Crippen LogP contribution in [-0.4, -0.2) is 72.9 Å². The number of aliphatic imine (C=N–C) groups is 1. The number of nitrogens with one attached hydrogen (secondary N) is 1. The molecule has 15 nitrogen and oxygen atoms in total. The van der Waals surface area contributed by atoms with Gasteiger partial charge >= 0.3 is 25.7 Å². The van der Waals surface area contributed by atoms with E-state index in [-0.39, 0.29) is 42.6 Å². The lowest BCUT2D eigenvalue weighted by atomic mass is 10.1. The number of methoxy groups -OCH3 is 1. The Labute approximate surface area is 310 Å². The fraction of sp³-hybridized carbons (Fsp3) is 0.459. The van der Waals surface area contributed by atoms with Gasteiger partial charge in [0.05, 0.1) is 13.7 Å². The predicted molar refractivity (Wildman–Crippen MR) is 195 cm³/mol. The van der Waals surface area contributed by atoms with Crippen LogP contribution in [0.5, 0.6) is 11.5 Å². The van der Waals surface area contributed by atoms with Crippen molar-refractivity contribution in [3.05, 3.63) is 84.8 Å². The maximum absolute atomic E-state index is 14.6. The van der Waals surface area contributed by atoms with E-state index in [1.807, 2.05) is 32.0 Å². The molecule has 2 aromatic rings. The van der Waals surface area contributed by atoms with Crippen LogP contribution in [0.15, 0.2) is 84.3 Å². The zero-order valence-corrected chi connectivity index (χ0v) is 31.4. The Balaban J connectivity index is 1.63. The van der Waals surface area contributed by atoms with E-state index in [4.69, 9.17) is 38.5 Å². The number of para-hydroxylation sites is 2. The second-order valence-electron chi connectivity index (χ2n) is 12.3. The molecule has 0 spiro atoms. The van der Waals surface area contributed by atoms with Gasteiger partial charge in [-0.05, 0) is 43.5 Å². The molecule has 0 aromatic heterocycles. The van der Waals surface area contributed by atoms with Crippen LogP contribution in [-0.2, 0) is 49.0 Å². The molecule has 16 heteroatoms. The van der Waals surface area contributed by atoms with Crippen molar-refractivity contribution in [1.82, 2.24) is 9.99 Å². The topological polar surface area (TPSA) is 187 Å². The van der Waals surface area contributed by atoms with Crippen molar-refractivity contribution >= 4 is 31.5 Å². The van der Waals surface area contributed by atoms with Crippen LogP contribution in [0, 0.1) is 0 Å². The third kappa shape index (κ3) is 11.9. The highest BCUT2D eigenvalue weighted by Gasteiger charge is 2.53. The number of unbranched alkanes of at least 4 members (excludes halogenated alkanes) is 2. The minimum absolute atomic E-state index is 0.0170. The minimum Gasteiger partial charge on any atom is -0.493 e. The van der Waals surface area contributed by atoms with Crippen molar-refractivity contribution in [1.29, 1.82) is 0 Å². The summed E-state index contributed by atoms with van der Waals surface area (Å²) in [5, 5.41) is 2.65. The van der Waals surface area contributed by atoms with Crippen molar-refractivity contribution in [3.63, 3.8) is 0 Å². The number of hydrogen-bond acceptors (Lipinski definition) is 14. The van der Waals surface area contributed by atoms with Crippen LogP contribution in [0.1, 0.15) is 64.9 Å². The van der Waals surface area contributed by atoms with Gasteiger partial charge in [-0.15, -0.1) is 0 Å². The summed E-state index contributed by atoms with van der Waals surface area (Å²) in [5.74, 6) is -1.15. The molecule has 0 radical (unpaired) electrons. The first kappa shape index (κ1) is 41.1. The maximum Gasteiger partial charge on any atom is 0.459 e. The van der Waals surface area contributed by atoms with E-state index >= 15 is 0 Å². The quantitative estimate of drug-likeness (QED) is 0.0979. The van der Waals surface area contributed by atoms with Gasteiger partial charge in [0.15, 0.2) is 29.9 Å². The van der Waals surface area contributed by atoms with Gasteiger partial charge in [0.2, 0.25) is 0 Å². The Kier molecular flexibility index (Phi) is 15.5. The lowest BCUT2D eigenvalue weighted by molar-refractivity contribution is -0.169. The Bertz CT molecular complexity index is 1670. The molecule has 1 saturated heterocycles. The van der Waals surface area contributed by atoms with Crippen LogP contribution in [0.2, 0.25) is 0 Å². The van der Waals surface area contributed by atoms with Gasteiger partial charge in [-0.3, -0.25) is 18.9 Å². The summed E-state index contributed by atoms with van der Waals surface area (Å²) in [6, 6.07) is 14.3. The Hall–Kier alpha value is -4.69. The van der Waals surface area contributed by atoms with Crippen molar-refractivity contribution < 1.29 is 51.7 Å². The molecule has 2 heterocycles. The average molecular weight is 757 g/mol. The molecule has 0 saturated carbocycles. The molecule has 2 aromatic carbocycles. The number of ether oxygens (including phenoxy) is 5. The monoisotopic (exact) mass is 756 g/mol. The fourth-order valence-corrected chi connectivity index (χ4v) is 6.86. The Morgan fingerprint density at radius 2 is 1.60 bits per heavy atom. The smallest absolute Gasteiger partial charge is 0.459 e. The number of nitrogens with two attached hydrogens (primary N) is 1. The zero-order chi connectivity index (χ0) is 38.4. The molecule has 0 bridgehead atoms. The highest BCUT2D eigenvalue weighted by molar-refractivity contribution is 7.52. The molecule has 1 fully saturated rings. The molecule has 4 rings (SSSR count). The van der Waals surface area contributed by atoms with E-state index < -0.39 is 62.8 Å². The summed E-state index contributed by atoms with van der Waals surface area (Å²) >= 11 is 0. The van der Waals surface area contributed by atoms with Crippen molar-refractivity contribution in [2.24, 2.45) is 10.7 Å². The van der Waals surface area contributed by atoms with E-state index in [9.17, 15) is 18.9 Å². The van der Waals surface area contributed by atoms with Crippen LogP contribution in [0.4, 0.5) is 0 Å². The molecule has 0 aliphatic carbocycles. The second-order valence-corrected chi connectivity index (χ2v) is 14.0. The van der Waals surface area contributed by atoms with Gasteiger partial charge in [0.25, 0.3) is 0 Å². The van der Waals surface area contributed by atoms with Gasteiger partial charge < -0.3 is 38.8 Å². The van der Waals surface area contributed by atoms with E-state index in [0.717, 1.165) is 18.4 Å². The highest BCUT2D eigenvalue weighted by atomic mass is 31.2. The summed E-state index contributed by atoms with van der Waals surface area (Å²) in [6.45, 7) is 8.73. The first-order valence-electron chi connectivity index (χ1n) is 17.6. The molecular formula is C37H49N4O11P. The largest absolute Gasteiger partial charge is 0.493 e. The van der Waals surface area contributed by atoms with Gasteiger partial charge in [-0.2, -0.15) is 5.09 Å². The summed E-state index contributed by atoms with van der Waals surface area (Å²) in [5.41, 5.74) is 6.64. The van der Waals surface area contributed by atoms with Gasteiger partial charge in [0.1, 0.15) is 30.4 Å². The lowest BCUT2D eigenvalue weighted by Gasteiger charge is -2.32. The number of carbonyl (C=O) groups excluding carboxylic acids is 3. The van der Waals surface area contributed by atoms with E-state index in [2.05, 4.69) is 16.7 Å². The molecule has 0 amide bonds. The minimum atomic E-state index is -4.49. The van der Waals surface area contributed by atoms with Crippen LogP contribution >= 0.6 is 7.75 Å². The fourth-order valence-electron chi connectivity index (χ4n) is 5.34. The van der Waals surface area contributed by atoms with Crippen LogP contribution < -0.4 is 20.1 Å². The van der Waals surface area contributed by atoms with Crippen molar-refractivity contribution in [2.75, 3.05) is 13.7 Å². The third-order valence-electron chi connectivity index (χ3n) is 8.15. The summed E-state index contributed by atoms with van der Waals surface area (Å²) < 4.78 is 55.6. The third-order valence-corrected chi connectivity index (χ3v) is 9.78. The zero-order valence-electron chi connectivity index (χ0n) is 30.5. The summed E-state index contributed by atoms with van der Waals surface area (Å²) in [7, 11) is -3.08.